The fourth-order valence-electron chi connectivity index (χ4n) is 2.36. The molecule has 0 saturated heterocycles. The normalized spacial score (nSPS) is 11.1. The molecule has 0 radical (unpaired) electrons. The molecule has 0 aromatic heterocycles. The Labute approximate surface area is 167 Å². The third-order valence-corrected chi connectivity index (χ3v) is 5.37. The first-order chi connectivity index (χ1) is 12.2. The molecule has 0 fully saturated rings. The molecule has 0 aliphatic rings. The van der Waals surface area contributed by atoms with Gasteiger partial charge < -0.3 is 14.8 Å². The molecule has 1 N–H and O–H groups in total. The number of methoxy groups -OCH3 is 2. The molecule has 2 rings (SSSR count). The molecular formula is C18H20INO5S. The van der Waals surface area contributed by atoms with E-state index in [9.17, 15) is 13.2 Å². The zero-order valence-electron chi connectivity index (χ0n) is 14.7. The predicted molar refractivity (Wildman–Crippen MR) is 108 cm³/mol. The summed E-state index contributed by atoms with van der Waals surface area (Å²) in [6, 6.07) is 10.5. The van der Waals surface area contributed by atoms with Crippen LogP contribution in [0.25, 0.3) is 0 Å². The Kier molecular flexibility index (Phi) is 6.87. The van der Waals surface area contributed by atoms with Crippen LogP contribution >= 0.6 is 22.6 Å². The topological polar surface area (TPSA) is 81.7 Å². The van der Waals surface area contributed by atoms with Crippen LogP contribution in [0.1, 0.15) is 21.5 Å². The maximum Gasteiger partial charge on any atom is 0.252 e. The first-order valence-electron chi connectivity index (χ1n) is 7.68. The zero-order valence-corrected chi connectivity index (χ0v) is 17.7. The summed E-state index contributed by atoms with van der Waals surface area (Å²) in [6.07, 6.45) is 1.20. The van der Waals surface area contributed by atoms with Gasteiger partial charge in [-0.05, 0) is 45.9 Å². The Morgan fingerprint density at radius 1 is 1.04 bits per heavy atom. The van der Waals surface area contributed by atoms with Crippen molar-refractivity contribution in [2.75, 3.05) is 20.5 Å². The van der Waals surface area contributed by atoms with E-state index in [1.165, 1.54) is 13.4 Å². The highest BCUT2D eigenvalue weighted by atomic mass is 127. The summed E-state index contributed by atoms with van der Waals surface area (Å²) in [6.45, 7) is 0.336. The standard InChI is InChI=1S/C18H20INO5S/c1-24-16-8-14(15(19)9-17(16)25-2)18(21)20-10-12-4-6-13(7-5-12)11-26(3,22)23/h4-9H,10-11H2,1-3H3,(H,20,21). The second kappa shape index (κ2) is 8.72. The van der Waals surface area contributed by atoms with E-state index in [0.29, 0.717) is 23.6 Å². The number of halogens is 1. The highest BCUT2D eigenvalue weighted by Gasteiger charge is 2.15. The van der Waals surface area contributed by atoms with E-state index < -0.39 is 9.84 Å². The summed E-state index contributed by atoms with van der Waals surface area (Å²) in [5.74, 6) is 0.831. The Morgan fingerprint density at radius 3 is 2.12 bits per heavy atom. The maximum absolute atomic E-state index is 12.5. The number of hydrogen-bond donors (Lipinski definition) is 1. The fourth-order valence-corrected chi connectivity index (χ4v) is 3.84. The van der Waals surface area contributed by atoms with Gasteiger partial charge in [0.15, 0.2) is 21.3 Å². The van der Waals surface area contributed by atoms with Gasteiger partial charge in [0.25, 0.3) is 5.91 Å². The minimum absolute atomic E-state index is 0.00345. The van der Waals surface area contributed by atoms with Crippen molar-refractivity contribution in [2.45, 2.75) is 12.3 Å². The number of amides is 1. The van der Waals surface area contributed by atoms with Crippen LogP contribution in [-0.2, 0) is 22.1 Å². The van der Waals surface area contributed by atoms with Crippen LogP contribution in [0.3, 0.4) is 0 Å². The average Bonchev–Trinajstić information content (AvgIpc) is 2.59. The molecule has 0 aliphatic heterocycles. The molecule has 0 heterocycles. The zero-order chi connectivity index (χ0) is 19.3. The van der Waals surface area contributed by atoms with E-state index in [1.807, 2.05) is 0 Å². The molecule has 2 aromatic rings. The Balaban J connectivity index is 2.07. The van der Waals surface area contributed by atoms with Gasteiger partial charge in [-0.25, -0.2) is 8.42 Å². The van der Waals surface area contributed by atoms with Crippen LogP contribution in [0, 0.1) is 3.57 Å². The van der Waals surface area contributed by atoms with Crippen molar-refractivity contribution in [1.29, 1.82) is 0 Å². The van der Waals surface area contributed by atoms with E-state index in [0.717, 1.165) is 14.7 Å². The lowest BCUT2D eigenvalue weighted by molar-refractivity contribution is 0.0949. The monoisotopic (exact) mass is 489 g/mol. The van der Waals surface area contributed by atoms with Gasteiger partial charge in [-0.2, -0.15) is 0 Å². The number of carbonyl (C=O) groups excluding carboxylic acids is 1. The van der Waals surface area contributed by atoms with E-state index >= 15 is 0 Å². The molecular weight excluding hydrogens is 469 g/mol. The van der Waals surface area contributed by atoms with Gasteiger partial charge in [0, 0.05) is 16.4 Å². The summed E-state index contributed by atoms with van der Waals surface area (Å²) in [5, 5.41) is 2.85. The molecule has 1 amide bonds. The molecule has 6 nitrogen and oxygen atoms in total. The van der Waals surface area contributed by atoms with Gasteiger partial charge >= 0.3 is 0 Å². The summed E-state index contributed by atoms with van der Waals surface area (Å²) in [7, 11) is -0.000550. The molecule has 140 valence electrons. The van der Waals surface area contributed by atoms with Crippen LogP contribution in [0.5, 0.6) is 11.5 Å². The molecule has 0 spiro atoms. The first-order valence-corrected chi connectivity index (χ1v) is 10.8. The molecule has 0 aliphatic carbocycles. The molecule has 8 heteroatoms. The summed E-state index contributed by atoms with van der Waals surface area (Å²) >= 11 is 2.08. The SMILES string of the molecule is COc1cc(I)c(C(=O)NCc2ccc(CS(C)(=O)=O)cc2)cc1OC. The van der Waals surface area contributed by atoms with Crippen molar-refractivity contribution in [3.63, 3.8) is 0 Å². The fraction of sp³-hybridized carbons (Fsp3) is 0.278. The molecule has 0 atom stereocenters. The molecule has 26 heavy (non-hydrogen) atoms. The number of rotatable bonds is 7. The Hall–Kier alpha value is -1.81. The number of carbonyl (C=O) groups is 1. The highest BCUT2D eigenvalue weighted by Crippen LogP contribution is 2.31. The maximum atomic E-state index is 12.5. The van der Waals surface area contributed by atoms with Crippen molar-refractivity contribution in [3.8, 4) is 11.5 Å². The van der Waals surface area contributed by atoms with E-state index in [4.69, 9.17) is 9.47 Å². The smallest absolute Gasteiger partial charge is 0.252 e. The molecule has 0 bridgehead atoms. The lowest BCUT2D eigenvalue weighted by atomic mass is 10.1. The summed E-state index contributed by atoms with van der Waals surface area (Å²) < 4.78 is 33.8. The quantitative estimate of drug-likeness (QED) is 0.606. The molecule has 0 saturated carbocycles. The van der Waals surface area contributed by atoms with Crippen LogP contribution in [0.2, 0.25) is 0 Å². The minimum atomic E-state index is -3.06. The Bertz CT molecular complexity index is 895. The number of ether oxygens (including phenoxy) is 2. The second-order valence-electron chi connectivity index (χ2n) is 5.76. The average molecular weight is 489 g/mol. The third-order valence-electron chi connectivity index (χ3n) is 3.62. The summed E-state index contributed by atoms with van der Waals surface area (Å²) in [5.41, 5.74) is 2.10. The van der Waals surface area contributed by atoms with E-state index in [2.05, 4.69) is 27.9 Å². The second-order valence-corrected chi connectivity index (χ2v) is 9.06. The largest absolute Gasteiger partial charge is 0.493 e. The van der Waals surface area contributed by atoms with Gasteiger partial charge in [-0.3, -0.25) is 4.79 Å². The van der Waals surface area contributed by atoms with Crippen LogP contribution < -0.4 is 14.8 Å². The van der Waals surface area contributed by atoms with Gasteiger partial charge in [0.2, 0.25) is 0 Å². The number of nitrogens with one attached hydrogen (secondary N) is 1. The molecule has 2 aromatic carbocycles. The predicted octanol–water partition coefficient (Wildman–Crippen LogP) is 2.78. The lowest BCUT2D eigenvalue weighted by Crippen LogP contribution is -2.23. The van der Waals surface area contributed by atoms with Crippen molar-refractivity contribution >= 4 is 38.3 Å². The number of sulfone groups is 1. The van der Waals surface area contributed by atoms with Crippen LogP contribution in [-0.4, -0.2) is 34.8 Å². The lowest BCUT2D eigenvalue weighted by Gasteiger charge is -2.12. The van der Waals surface area contributed by atoms with E-state index in [-0.39, 0.29) is 11.7 Å². The van der Waals surface area contributed by atoms with Crippen molar-refractivity contribution in [3.05, 3.63) is 56.7 Å². The van der Waals surface area contributed by atoms with Gasteiger partial charge in [-0.1, -0.05) is 24.3 Å². The molecule has 0 unspecified atom stereocenters. The highest BCUT2D eigenvalue weighted by molar-refractivity contribution is 14.1. The van der Waals surface area contributed by atoms with Crippen molar-refractivity contribution in [1.82, 2.24) is 5.32 Å². The van der Waals surface area contributed by atoms with Crippen LogP contribution in [0.4, 0.5) is 0 Å². The third kappa shape index (κ3) is 5.60. The van der Waals surface area contributed by atoms with Gasteiger partial charge in [-0.15, -0.1) is 0 Å². The van der Waals surface area contributed by atoms with Crippen molar-refractivity contribution in [2.24, 2.45) is 0 Å². The van der Waals surface area contributed by atoms with E-state index in [1.54, 1.807) is 43.5 Å². The summed E-state index contributed by atoms with van der Waals surface area (Å²) in [4.78, 5) is 12.5. The van der Waals surface area contributed by atoms with Gasteiger partial charge in [0.1, 0.15) is 0 Å². The van der Waals surface area contributed by atoms with Gasteiger partial charge in [0.05, 0.1) is 25.5 Å². The number of benzene rings is 2. The Morgan fingerprint density at radius 2 is 1.58 bits per heavy atom. The van der Waals surface area contributed by atoms with Crippen molar-refractivity contribution < 1.29 is 22.7 Å². The number of hydrogen-bond acceptors (Lipinski definition) is 5. The minimum Gasteiger partial charge on any atom is -0.493 e. The van der Waals surface area contributed by atoms with Crippen LogP contribution in [0.15, 0.2) is 36.4 Å². The first kappa shape index (κ1) is 20.5.